The van der Waals surface area contributed by atoms with Crippen LogP contribution in [0.15, 0.2) is 59.8 Å². The van der Waals surface area contributed by atoms with Crippen LogP contribution in [0.3, 0.4) is 0 Å². The number of nitrogens with one attached hydrogen (secondary N) is 2. The molecule has 0 aromatic carbocycles. The maximum absolute atomic E-state index is 12.9. The van der Waals surface area contributed by atoms with Crippen molar-refractivity contribution in [2.24, 2.45) is 11.8 Å². The number of hydrogen-bond acceptors (Lipinski definition) is 5. The Balaban J connectivity index is 1.34. The molecule has 4 rings (SSSR count). The molecule has 1 amide bonds. The van der Waals surface area contributed by atoms with E-state index in [4.69, 9.17) is 4.74 Å². The van der Waals surface area contributed by atoms with Crippen LogP contribution in [0, 0.1) is 17.7 Å². The highest BCUT2D eigenvalue weighted by Gasteiger charge is 2.30. The van der Waals surface area contributed by atoms with Crippen molar-refractivity contribution in [2.45, 2.75) is 38.5 Å². The zero-order valence-electron chi connectivity index (χ0n) is 17.8. The minimum Gasteiger partial charge on any atom is -0.437 e. The van der Waals surface area contributed by atoms with Crippen molar-refractivity contribution in [3.63, 3.8) is 0 Å². The number of anilines is 1. The average molecular weight is 436 g/mol. The van der Waals surface area contributed by atoms with Gasteiger partial charge in [0, 0.05) is 24.2 Å². The molecule has 3 aromatic rings. The Labute approximate surface area is 185 Å². The third-order valence-corrected chi connectivity index (χ3v) is 6.03. The Morgan fingerprint density at radius 3 is 2.72 bits per heavy atom. The largest absolute Gasteiger partial charge is 0.437 e. The molecule has 7 nitrogen and oxygen atoms in total. The molecular formula is C24H25FN4O3. The summed E-state index contributed by atoms with van der Waals surface area (Å²) >= 11 is 0. The number of halogens is 1. The monoisotopic (exact) mass is 436 g/mol. The summed E-state index contributed by atoms with van der Waals surface area (Å²) < 4.78 is 18.5. The van der Waals surface area contributed by atoms with E-state index in [0.29, 0.717) is 17.5 Å². The van der Waals surface area contributed by atoms with Crippen LogP contribution >= 0.6 is 0 Å². The lowest BCUT2D eigenvalue weighted by molar-refractivity contribution is -0.121. The second-order valence-electron chi connectivity index (χ2n) is 8.18. The summed E-state index contributed by atoms with van der Waals surface area (Å²) in [6, 6.07) is 9.46. The van der Waals surface area contributed by atoms with E-state index in [1.165, 1.54) is 18.3 Å². The number of aromatic nitrogens is 3. The quantitative estimate of drug-likeness (QED) is 0.587. The minimum atomic E-state index is -0.439. The summed E-state index contributed by atoms with van der Waals surface area (Å²) in [4.78, 5) is 35.0. The molecule has 0 saturated heterocycles. The Hall–Kier alpha value is -3.55. The fraction of sp³-hybridized carbons (Fsp3) is 0.333. The van der Waals surface area contributed by atoms with Gasteiger partial charge in [-0.05, 0) is 54.9 Å². The fourth-order valence-corrected chi connectivity index (χ4v) is 4.17. The van der Waals surface area contributed by atoms with Crippen molar-refractivity contribution >= 4 is 11.7 Å². The van der Waals surface area contributed by atoms with Crippen molar-refractivity contribution < 1.29 is 13.9 Å². The Kier molecular flexibility index (Phi) is 6.58. The van der Waals surface area contributed by atoms with Gasteiger partial charge in [0.2, 0.25) is 17.3 Å². The first-order chi connectivity index (χ1) is 15.5. The molecule has 3 aromatic heterocycles. The van der Waals surface area contributed by atoms with E-state index >= 15 is 0 Å². The van der Waals surface area contributed by atoms with Crippen molar-refractivity contribution in [1.82, 2.24) is 15.0 Å². The normalized spacial score (nSPS) is 19.2. The molecule has 0 aliphatic heterocycles. The van der Waals surface area contributed by atoms with Crippen LogP contribution in [-0.4, -0.2) is 20.9 Å². The number of nitrogens with zero attached hydrogens (tertiary/aromatic N) is 2. The van der Waals surface area contributed by atoms with Gasteiger partial charge in [0.1, 0.15) is 17.4 Å². The third-order valence-electron chi connectivity index (χ3n) is 6.03. The van der Waals surface area contributed by atoms with Gasteiger partial charge in [0.15, 0.2) is 0 Å². The summed E-state index contributed by atoms with van der Waals surface area (Å²) in [5.41, 5.74) is 1.02. The molecule has 0 unspecified atom stereocenters. The molecule has 3 heterocycles. The predicted octanol–water partition coefficient (Wildman–Crippen LogP) is 4.64. The number of ether oxygens (including phenoxy) is 1. The smallest absolute Gasteiger partial charge is 0.247 e. The molecule has 2 N–H and O–H groups in total. The first-order valence-electron chi connectivity index (χ1n) is 10.7. The van der Waals surface area contributed by atoms with Crippen LogP contribution in [0.25, 0.3) is 0 Å². The van der Waals surface area contributed by atoms with Crippen molar-refractivity contribution in [2.75, 3.05) is 5.32 Å². The van der Waals surface area contributed by atoms with Crippen LogP contribution in [0.2, 0.25) is 0 Å². The van der Waals surface area contributed by atoms with E-state index in [1.807, 2.05) is 13.0 Å². The zero-order chi connectivity index (χ0) is 22.5. The second kappa shape index (κ2) is 9.72. The number of rotatable bonds is 6. The van der Waals surface area contributed by atoms with E-state index in [-0.39, 0.29) is 29.2 Å². The van der Waals surface area contributed by atoms with Crippen LogP contribution < -0.4 is 15.6 Å². The zero-order valence-corrected chi connectivity index (χ0v) is 17.8. The summed E-state index contributed by atoms with van der Waals surface area (Å²) in [6.45, 7) is 1.95. The SMILES string of the molecule is C[C@@H](C(=O)Nc1ccc(Oc2ccc(F)cn2)cn1)[C@H]1CCC[C@@H](c2ccc(=O)[nH]c2)C1. The summed E-state index contributed by atoms with van der Waals surface area (Å²) in [5, 5.41) is 2.88. The average Bonchev–Trinajstić information content (AvgIpc) is 2.82. The van der Waals surface area contributed by atoms with Crippen molar-refractivity contribution in [1.29, 1.82) is 0 Å². The van der Waals surface area contributed by atoms with E-state index in [1.54, 1.807) is 24.4 Å². The first-order valence-corrected chi connectivity index (χ1v) is 10.7. The topological polar surface area (TPSA) is 97.0 Å². The predicted molar refractivity (Wildman–Crippen MR) is 118 cm³/mol. The lowest BCUT2D eigenvalue weighted by atomic mass is 9.73. The van der Waals surface area contributed by atoms with Crippen LogP contribution in [0.1, 0.15) is 44.1 Å². The summed E-state index contributed by atoms with van der Waals surface area (Å²) in [7, 11) is 0. The van der Waals surface area contributed by atoms with Gasteiger partial charge in [0.25, 0.3) is 0 Å². The maximum Gasteiger partial charge on any atom is 0.247 e. The number of aromatic amines is 1. The van der Waals surface area contributed by atoms with Gasteiger partial charge in [-0.2, -0.15) is 0 Å². The van der Waals surface area contributed by atoms with Crippen molar-refractivity contribution in [3.8, 4) is 11.6 Å². The van der Waals surface area contributed by atoms with Gasteiger partial charge in [0.05, 0.1) is 12.4 Å². The number of amides is 1. The van der Waals surface area contributed by atoms with E-state index in [9.17, 15) is 14.0 Å². The van der Waals surface area contributed by atoms with Gasteiger partial charge >= 0.3 is 0 Å². The molecule has 166 valence electrons. The molecule has 8 heteroatoms. The Morgan fingerprint density at radius 2 is 2.03 bits per heavy atom. The molecule has 0 spiro atoms. The molecule has 1 aliphatic carbocycles. The molecule has 1 saturated carbocycles. The van der Waals surface area contributed by atoms with Gasteiger partial charge in [-0.25, -0.2) is 14.4 Å². The van der Waals surface area contributed by atoms with E-state index < -0.39 is 5.82 Å². The molecule has 32 heavy (non-hydrogen) atoms. The molecule has 0 bridgehead atoms. The Morgan fingerprint density at radius 1 is 1.16 bits per heavy atom. The highest BCUT2D eigenvalue weighted by molar-refractivity contribution is 5.91. The number of carbonyl (C=O) groups excluding carboxylic acids is 1. The van der Waals surface area contributed by atoms with Crippen LogP contribution in [-0.2, 0) is 4.79 Å². The van der Waals surface area contributed by atoms with E-state index in [0.717, 1.165) is 37.4 Å². The molecule has 0 radical (unpaired) electrons. The van der Waals surface area contributed by atoms with Crippen LogP contribution in [0.4, 0.5) is 10.2 Å². The first kappa shape index (κ1) is 21.7. The van der Waals surface area contributed by atoms with Gasteiger partial charge in [-0.1, -0.05) is 19.4 Å². The van der Waals surface area contributed by atoms with Crippen LogP contribution in [0.5, 0.6) is 11.6 Å². The summed E-state index contributed by atoms with van der Waals surface area (Å²) in [5.74, 6) is 1.06. The number of H-pyrrole nitrogens is 1. The number of hydrogen-bond donors (Lipinski definition) is 2. The highest BCUT2D eigenvalue weighted by atomic mass is 19.1. The number of pyridine rings is 3. The molecular weight excluding hydrogens is 411 g/mol. The fourth-order valence-electron chi connectivity index (χ4n) is 4.17. The van der Waals surface area contributed by atoms with Gasteiger partial charge in [-0.3, -0.25) is 9.59 Å². The Bertz CT molecular complexity index is 1090. The second-order valence-corrected chi connectivity index (χ2v) is 8.18. The van der Waals surface area contributed by atoms with Gasteiger partial charge in [-0.15, -0.1) is 0 Å². The lowest BCUT2D eigenvalue weighted by Gasteiger charge is -2.32. The molecule has 1 aliphatic rings. The minimum absolute atomic E-state index is 0.0708. The third kappa shape index (κ3) is 5.38. The lowest BCUT2D eigenvalue weighted by Crippen LogP contribution is -2.30. The van der Waals surface area contributed by atoms with Crippen molar-refractivity contribution in [3.05, 3.63) is 76.7 Å². The van der Waals surface area contributed by atoms with E-state index in [2.05, 4.69) is 20.3 Å². The standard InChI is InChI=1S/C24H25FN4O3/c1-15(16-3-2-4-17(11-16)18-5-9-22(30)27-12-18)24(31)29-21-8-7-20(14-26-21)32-23-10-6-19(25)13-28-23/h5-10,12-17H,2-4,11H2,1H3,(H,27,30)(H,26,29,31)/t15-,16+,17-/m1/s1. The molecule has 1 fully saturated rings. The number of carbonyl (C=O) groups is 1. The van der Waals surface area contributed by atoms with Gasteiger partial charge < -0.3 is 15.0 Å². The molecule has 3 atom stereocenters. The summed E-state index contributed by atoms with van der Waals surface area (Å²) in [6.07, 6.45) is 8.36. The highest BCUT2D eigenvalue weighted by Crippen LogP contribution is 2.39. The maximum atomic E-state index is 12.9.